The van der Waals surface area contributed by atoms with Crippen LogP contribution < -0.4 is 0 Å². The first-order chi connectivity index (χ1) is 10.6. The van der Waals surface area contributed by atoms with Crippen molar-refractivity contribution in [1.82, 2.24) is 9.80 Å². The normalized spacial score (nSPS) is 28.2. The Morgan fingerprint density at radius 2 is 2.09 bits per heavy atom. The number of amides is 1. The summed E-state index contributed by atoms with van der Waals surface area (Å²) in [5.41, 5.74) is 0.137. The largest absolute Gasteiger partial charge is 0.372 e. The predicted octanol–water partition coefficient (Wildman–Crippen LogP) is 1.51. The van der Waals surface area contributed by atoms with Crippen LogP contribution in [-0.2, 0) is 14.3 Å². The van der Waals surface area contributed by atoms with Gasteiger partial charge in [0.25, 0.3) is 0 Å². The highest BCUT2D eigenvalue weighted by atomic mass is 16.5. The number of nitrogens with zero attached hydrogens (tertiary/aromatic N) is 2. The number of hydrogen-bond acceptors (Lipinski definition) is 4. The summed E-state index contributed by atoms with van der Waals surface area (Å²) in [6.45, 7) is 4.05. The molecule has 0 radical (unpaired) electrons. The molecule has 3 aliphatic rings. The van der Waals surface area contributed by atoms with Crippen molar-refractivity contribution in [2.75, 3.05) is 47.0 Å². The van der Waals surface area contributed by atoms with E-state index in [0.717, 1.165) is 38.6 Å². The van der Waals surface area contributed by atoms with E-state index in [-0.39, 0.29) is 18.1 Å². The molecule has 1 aliphatic carbocycles. The highest BCUT2D eigenvalue weighted by molar-refractivity contribution is 5.76. The Kier molecular flexibility index (Phi) is 5.05. The maximum atomic E-state index is 11.5. The third-order valence-electron chi connectivity index (χ3n) is 5.56. The molecule has 2 heterocycles. The van der Waals surface area contributed by atoms with Gasteiger partial charge in [0, 0.05) is 46.4 Å². The van der Waals surface area contributed by atoms with Crippen molar-refractivity contribution in [3.8, 4) is 0 Å². The van der Waals surface area contributed by atoms with Crippen LogP contribution in [0.25, 0.3) is 0 Å². The first-order valence-corrected chi connectivity index (χ1v) is 8.74. The minimum atomic E-state index is 0.0404. The predicted molar refractivity (Wildman–Crippen MR) is 84.7 cm³/mol. The molecule has 2 saturated heterocycles. The average Bonchev–Trinajstić information content (AvgIpc) is 2.40. The number of ether oxygens (including phenoxy) is 2. The Morgan fingerprint density at radius 3 is 2.73 bits per heavy atom. The first-order valence-electron chi connectivity index (χ1n) is 8.74. The molecular formula is C17H30N2O3. The summed E-state index contributed by atoms with van der Waals surface area (Å²) in [4.78, 5) is 15.6. The molecule has 3 fully saturated rings. The molecule has 5 nitrogen and oxygen atoms in total. The number of likely N-dealkylation sites (N-methyl/N-ethyl adjacent to an activating group) is 1. The summed E-state index contributed by atoms with van der Waals surface area (Å²) < 4.78 is 11.6. The standard InChI is InChI=1S/C17H30N2O3/c1-18(2)16(20)11-21-8-6-14-7-9-22-17(10-14)12-19(13-17)15-4-3-5-15/h14-15H,3-13H2,1-2H3/t14-/m0/s1. The van der Waals surface area contributed by atoms with Crippen molar-refractivity contribution in [2.24, 2.45) is 5.92 Å². The van der Waals surface area contributed by atoms with Crippen LogP contribution in [-0.4, -0.2) is 74.4 Å². The molecule has 0 aromatic heterocycles. The molecule has 1 amide bonds. The summed E-state index contributed by atoms with van der Waals surface area (Å²) >= 11 is 0. The summed E-state index contributed by atoms with van der Waals surface area (Å²) in [6.07, 6.45) is 7.52. The van der Waals surface area contributed by atoms with E-state index < -0.39 is 0 Å². The van der Waals surface area contributed by atoms with Crippen LogP contribution in [0, 0.1) is 5.92 Å². The van der Waals surface area contributed by atoms with Gasteiger partial charge in [0.2, 0.25) is 5.91 Å². The smallest absolute Gasteiger partial charge is 0.248 e. The van der Waals surface area contributed by atoms with Crippen LogP contribution in [0.5, 0.6) is 0 Å². The van der Waals surface area contributed by atoms with Crippen LogP contribution >= 0.6 is 0 Å². The van der Waals surface area contributed by atoms with Gasteiger partial charge in [-0.25, -0.2) is 0 Å². The van der Waals surface area contributed by atoms with Gasteiger partial charge in [-0.3, -0.25) is 9.69 Å². The van der Waals surface area contributed by atoms with Crippen molar-refractivity contribution in [2.45, 2.75) is 50.2 Å². The second-order valence-corrected chi connectivity index (χ2v) is 7.51. The van der Waals surface area contributed by atoms with E-state index in [0.29, 0.717) is 12.5 Å². The fraction of sp³-hybridized carbons (Fsp3) is 0.941. The van der Waals surface area contributed by atoms with E-state index in [1.54, 1.807) is 19.0 Å². The van der Waals surface area contributed by atoms with Gasteiger partial charge in [0.15, 0.2) is 0 Å². The summed E-state index contributed by atoms with van der Waals surface area (Å²) in [5.74, 6) is 0.727. The number of rotatable bonds is 6. The fourth-order valence-electron chi connectivity index (χ4n) is 3.84. The van der Waals surface area contributed by atoms with E-state index in [9.17, 15) is 4.79 Å². The first kappa shape index (κ1) is 16.2. The Bertz CT molecular complexity index is 389. The lowest BCUT2D eigenvalue weighted by Gasteiger charge is -2.57. The second kappa shape index (κ2) is 6.85. The molecular weight excluding hydrogens is 280 g/mol. The highest BCUT2D eigenvalue weighted by Gasteiger charge is 2.49. The summed E-state index contributed by atoms with van der Waals surface area (Å²) in [7, 11) is 3.52. The van der Waals surface area contributed by atoms with Gasteiger partial charge in [-0.15, -0.1) is 0 Å². The van der Waals surface area contributed by atoms with Gasteiger partial charge in [0.05, 0.1) is 5.60 Å². The topological polar surface area (TPSA) is 42.0 Å². The molecule has 0 unspecified atom stereocenters. The molecule has 0 N–H and O–H groups in total. The maximum Gasteiger partial charge on any atom is 0.248 e. The van der Waals surface area contributed by atoms with E-state index in [1.807, 2.05) is 0 Å². The minimum absolute atomic E-state index is 0.0404. The molecule has 0 bridgehead atoms. The van der Waals surface area contributed by atoms with E-state index in [4.69, 9.17) is 9.47 Å². The average molecular weight is 310 g/mol. The Hall–Kier alpha value is -0.650. The van der Waals surface area contributed by atoms with Gasteiger partial charge in [0.1, 0.15) is 6.61 Å². The Labute approximate surface area is 133 Å². The minimum Gasteiger partial charge on any atom is -0.372 e. The highest BCUT2D eigenvalue weighted by Crippen LogP contribution is 2.41. The lowest BCUT2D eigenvalue weighted by Crippen LogP contribution is -2.68. The Morgan fingerprint density at radius 1 is 1.32 bits per heavy atom. The number of carbonyl (C=O) groups excluding carboxylic acids is 1. The lowest BCUT2D eigenvalue weighted by molar-refractivity contribution is -0.195. The van der Waals surface area contributed by atoms with E-state index in [1.165, 1.54) is 25.7 Å². The van der Waals surface area contributed by atoms with Gasteiger partial charge in [-0.1, -0.05) is 6.42 Å². The molecule has 2 aliphatic heterocycles. The van der Waals surface area contributed by atoms with Gasteiger partial charge < -0.3 is 14.4 Å². The van der Waals surface area contributed by atoms with E-state index in [2.05, 4.69) is 4.90 Å². The second-order valence-electron chi connectivity index (χ2n) is 7.51. The van der Waals surface area contributed by atoms with Crippen molar-refractivity contribution in [3.05, 3.63) is 0 Å². The third-order valence-corrected chi connectivity index (χ3v) is 5.56. The van der Waals surface area contributed by atoms with Crippen LogP contribution in [0.15, 0.2) is 0 Å². The number of likely N-dealkylation sites (tertiary alicyclic amines) is 1. The number of carbonyl (C=O) groups is 1. The van der Waals surface area contributed by atoms with Crippen molar-refractivity contribution < 1.29 is 14.3 Å². The zero-order chi connectivity index (χ0) is 15.6. The van der Waals surface area contributed by atoms with Crippen LogP contribution in [0.2, 0.25) is 0 Å². The third kappa shape index (κ3) is 3.63. The molecule has 3 rings (SSSR count). The molecule has 1 saturated carbocycles. The van der Waals surface area contributed by atoms with Gasteiger partial charge >= 0.3 is 0 Å². The van der Waals surface area contributed by atoms with Crippen LogP contribution in [0.3, 0.4) is 0 Å². The zero-order valence-corrected chi connectivity index (χ0v) is 14.1. The summed E-state index contributed by atoms with van der Waals surface area (Å²) in [5, 5.41) is 0. The van der Waals surface area contributed by atoms with Crippen molar-refractivity contribution >= 4 is 5.91 Å². The van der Waals surface area contributed by atoms with Crippen molar-refractivity contribution in [1.29, 1.82) is 0 Å². The monoisotopic (exact) mass is 310 g/mol. The molecule has 22 heavy (non-hydrogen) atoms. The Balaban J connectivity index is 1.34. The molecule has 0 aromatic rings. The van der Waals surface area contributed by atoms with Gasteiger partial charge in [-0.2, -0.15) is 0 Å². The summed E-state index contributed by atoms with van der Waals surface area (Å²) in [6, 6.07) is 0.843. The van der Waals surface area contributed by atoms with Crippen LogP contribution in [0.4, 0.5) is 0 Å². The molecule has 0 aromatic carbocycles. The molecule has 1 atom stereocenters. The van der Waals surface area contributed by atoms with Crippen molar-refractivity contribution in [3.63, 3.8) is 0 Å². The lowest BCUT2D eigenvalue weighted by atomic mass is 9.76. The zero-order valence-electron chi connectivity index (χ0n) is 14.1. The molecule has 126 valence electrons. The molecule has 5 heteroatoms. The van der Waals surface area contributed by atoms with E-state index >= 15 is 0 Å². The van der Waals surface area contributed by atoms with Gasteiger partial charge in [-0.05, 0) is 38.0 Å². The maximum absolute atomic E-state index is 11.5. The van der Waals surface area contributed by atoms with Crippen LogP contribution in [0.1, 0.15) is 38.5 Å². The quantitative estimate of drug-likeness (QED) is 0.698. The number of hydrogen-bond donors (Lipinski definition) is 0. The molecule has 1 spiro atoms. The fourth-order valence-corrected chi connectivity index (χ4v) is 3.84. The SMILES string of the molecule is CN(C)C(=O)COCC[C@H]1CCOC2(C1)CN(C1CCC1)C2.